The van der Waals surface area contributed by atoms with Crippen molar-refractivity contribution in [3.8, 4) is 0 Å². The Morgan fingerprint density at radius 3 is 2.79 bits per heavy atom. The summed E-state index contributed by atoms with van der Waals surface area (Å²) in [6.45, 7) is 3.68. The summed E-state index contributed by atoms with van der Waals surface area (Å²) in [5, 5.41) is 4.30. The molecule has 0 unspecified atom stereocenters. The molecule has 0 amide bonds. The Morgan fingerprint density at radius 2 is 2.05 bits per heavy atom. The largest absolute Gasteiger partial charge is 0.325 e. The quantitative estimate of drug-likeness (QED) is 0.686. The van der Waals surface area contributed by atoms with E-state index in [9.17, 15) is 0 Å². The fourth-order valence-corrected chi connectivity index (χ4v) is 2.47. The molecular weight excluding hydrogens is 260 g/mol. The lowest BCUT2D eigenvalue weighted by Crippen LogP contribution is -2.10. The second-order valence-corrected chi connectivity index (χ2v) is 4.85. The molecule has 4 nitrogen and oxygen atoms in total. The molecule has 2 heterocycles. The molecule has 5 heteroatoms. The molecule has 0 bridgehead atoms. The van der Waals surface area contributed by atoms with Crippen molar-refractivity contribution in [2.75, 3.05) is 0 Å². The van der Waals surface area contributed by atoms with Crippen molar-refractivity contribution in [2.45, 2.75) is 25.9 Å². The Kier molecular flexibility index (Phi) is 3.25. The van der Waals surface area contributed by atoms with Gasteiger partial charge in [0.05, 0.1) is 29.7 Å². The maximum absolute atomic E-state index is 5.98. The van der Waals surface area contributed by atoms with Gasteiger partial charge in [0.25, 0.3) is 0 Å². The first-order chi connectivity index (χ1) is 9.28. The summed E-state index contributed by atoms with van der Waals surface area (Å²) in [5.74, 6) is 1.33. The van der Waals surface area contributed by atoms with Crippen LogP contribution in [0.3, 0.4) is 0 Å². The number of aromatic nitrogens is 4. The van der Waals surface area contributed by atoms with Gasteiger partial charge < -0.3 is 4.57 Å². The smallest absolute Gasteiger partial charge is 0.124 e. The Hall–Kier alpha value is -1.81. The summed E-state index contributed by atoms with van der Waals surface area (Å²) in [7, 11) is 0. The molecule has 0 radical (unpaired) electrons. The fraction of sp³-hybridized carbons (Fsp3) is 0.286. The summed E-state index contributed by atoms with van der Waals surface area (Å²) in [6, 6.07) is 8.11. The first-order valence-electron chi connectivity index (χ1n) is 6.27. The SMILES string of the molecule is Cc1cnn(CCn2c(CCl)nc3ccccc32)c1. The number of fused-ring (bicyclic) bond motifs is 1. The number of aryl methyl sites for hydroxylation is 3. The van der Waals surface area contributed by atoms with Crippen LogP contribution in [0.2, 0.25) is 0 Å². The van der Waals surface area contributed by atoms with Crippen molar-refractivity contribution in [3.05, 3.63) is 48.0 Å². The Morgan fingerprint density at radius 1 is 1.21 bits per heavy atom. The van der Waals surface area contributed by atoms with Gasteiger partial charge in [-0.3, -0.25) is 4.68 Å². The van der Waals surface area contributed by atoms with E-state index in [0.717, 1.165) is 29.9 Å². The molecule has 1 aromatic carbocycles. The molecule has 98 valence electrons. The van der Waals surface area contributed by atoms with E-state index in [1.165, 1.54) is 5.56 Å². The van der Waals surface area contributed by atoms with Crippen LogP contribution in [0.5, 0.6) is 0 Å². The van der Waals surface area contributed by atoms with Crippen LogP contribution in [0.15, 0.2) is 36.7 Å². The Bertz CT molecular complexity index is 698. The lowest BCUT2D eigenvalue weighted by molar-refractivity contribution is 0.533. The predicted octanol–water partition coefficient (Wildman–Crippen LogP) is 2.98. The monoisotopic (exact) mass is 274 g/mol. The first kappa shape index (κ1) is 12.2. The summed E-state index contributed by atoms with van der Waals surface area (Å²) < 4.78 is 4.11. The first-order valence-corrected chi connectivity index (χ1v) is 6.80. The molecule has 0 spiro atoms. The summed E-state index contributed by atoms with van der Waals surface area (Å²) >= 11 is 5.98. The van der Waals surface area contributed by atoms with Gasteiger partial charge >= 0.3 is 0 Å². The van der Waals surface area contributed by atoms with Gasteiger partial charge in [0.1, 0.15) is 5.82 Å². The standard InChI is InChI=1S/C14H15ClN4/c1-11-9-16-18(10-11)6-7-19-13-5-3-2-4-12(13)17-14(19)8-15/h2-5,9-10H,6-8H2,1H3. The molecule has 0 saturated carbocycles. The van der Waals surface area contributed by atoms with E-state index in [-0.39, 0.29) is 0 Å². The highest BCUT2D eigenvalue weighted by molar-refractivity contribution is 6.16. The average Bonchev–Trinajstić information content (AvgIpc) is 2.99. The van der Waals surface area contributed by atoms with Crippen LogP contribution in [0, 0.1) is 6.92 Å². The third-order valence-corrected chi connectivity index (χ3v) is 3.41. The van der Waals surface area contributed by atoms with E-state index < -0.39 is 0 Å². The van der Waals surface area contributed by atoms with Gasteiger partial charge in [-0.1, -0.05) is 12.1 Å². The molecule has 0 aliphatic heterocycles. The van der Waals surface area contributed by atoms with Crippen molar-refractivity contribution in [3.63, 3.8) is 0 Å². The van der Waals surface area contributed by atoms with Crippen molar-refractivity contribution >= 4 is 22.6 Å². The zero-order valence-electron chi connectivity index (χ0n) is 10.8. The van der Waals surface area contributed by atoms with Crippen LogP contribution in [0.25, 0.3) is 11.0 Å². The molecule has 0 N–H and O–H groups in total. The van der Waals surface area contributed by atoms with Crippen LogP contribution in [0.1, 0.15) is 11.4 Å². The maximum atomic E-state index is 5.98. The van der Waals surface area contributed by atoms with Crippen LogP contribution in [-0.2, 0) is 19.0 Å². The van der Waals surface area contributed by atoms with Crippen molar-refractivity contribution < 1.29 is 0 Å². The fourth-order valence-electron chi connectivity index (χ4n) is 2.27. The maximum Gasteiger partial charge on any atom is 0.124 e. The molecule has 0 atom stereocenters. The second kappa shape index (κ2) is 5.05. The number of benzene rings is 1. The van der Waals surface area contributed by atoms with Crippen molar-refractivity contribution in [1.82, 2.24) is 19.3 Å². The molecule has 0 aliphatic rings. The van der Waals surface area contributed by atoms with Crippen LogP contribution < -0.4 is 0 Å². The number of hydrogen-bond donors (Lipinski definition) is 0. The Labute approximate surface area is 116 Å². The van der Waals surface area contributed by atoms with Gasteiger partial charge in [-0.05, 0) is 24.6 Å². The highest BCUT2D eigenvalue weighted by atomic mass is 35.5. The molecule has 0 saturated heterocycles. The number of halogens is 1. The van der Waals surface area contributed by atoms with E-state index in [4.69, 9.17) is 11.6 Å². The summed E-state index contributed by atoms with van der Waals surface area (Å²) in [6.07, 6.45) is 3.91. The van der Waals surface area contributed by atoms with Crippen molar-refractivity contribution in [1.29, 1.82) is 0 Å². The number of nitrogens with zero attached hydrogens (tertiary/aromatic N) is 4. The summed E-state index contributed by atoms with van der Waals surface area (Å²) in [5.41, 5.74) is 3.30. The topological polar surface area (TPSA) is 35.6 Å². The zero-order valence-corrected chi connectivity index (χ0v) is 11.5. The van der Waals surface area contributed by atoms with Gasteiger partial charge in [0.15, 0.2) is 0 Å². The molecule has 0 fully saturated rings. The second-order valence-electron chi connectivity index (χ2n) is 4.58. The van der Waals surface area contributed by atoms with Gasteiger partial charge in [0, 0.05) is 12.7 Å². The van der Waals surface area contributed by atoms with E-state index in [1.807, 2.05) is 42.2 Å². The molecule has 19 heavy (non-hydrogen) atoms. The number of imidazole rings is 1. The van der Waals surface area contributed by atoms with Gasteiger partial charge in [-0.15, -0.1) is 11.6 Å². The molecule has 0 aliphatic carbocycles. The number of rotatable bonds is 4. The van der Waals surface area contributed by atoms with Crippen LogP contribution in [-0.4, -0.2) is 19.3 Å². The molecular formula is C14H15ClN4. The molecule has 3 rings (SSSR count). The number of para-hydroxylation sites is 2. The minimum atomic E-state index is 0.423. The van der Waals surface area contributed by atoms with E-state index in [0.29, 0.717) is 5.88 Å². The average molecular weight is 275 g/mol. The number of alkyl halides is 1. The third kappa shape index (κ3) is 2.36. The highest BCUT2D eigenvalue weighted by Gasteiger charge is 2.09. The van der Waals surface area contributed by atoms with Gasteiger partial charge in [0.2, 0.25) is 0 Å². The van der Waals surface area contributed by atoms with Crippen molar-refractivity contribution in [2.24, 2.45) is 0 Å². The number of hydrogen-bond acceptors (Lipinski definition) is 2. The zero-order chi connectivity index (χ0) is 13.2. The minimum absolute atomic E-state index is 0.423. The van der Waals surface area contributed by atoms with Gasteiger partial charge in [-0.2, -0.15) is 5.10 Å². The van der Waals surface area contributed by atoms with Gasteiger partial charge in [-0.25, -0.2) is 4.98 Å². The van der Waals surface area contributed by atoms with E-state index in [1.54, 1.807) is 0 Å². The van der Waals surface area contributed by atoms with Crippen LogP contribution in [0.4, 0.5) is 0 Å². The summed E-state index contributed by atoms with van der Waals surface area (Å²) in [4.78, 5) is 4.55. The minimum Gasteiger partial charge on any atom is -0.325 e. The molecule has 2 aromatic heterocycles. The third-order valence-electron chi connectivity index (χ3n) is 3.17. The van der Waals surface area contributed by atoms with E-state index >= 15 is 0 Å². The predicted molar refractivity (Wildman–Crippen MR) is 76.3 cm³/mol. The Balaban J connectivity index is 1.90. The highest BCUT2D eigenvalue weighted by Crippen LogP contribution is 2.17. The normalized spacial score (nSPS) is 11.3. The lowest BCUT2D eigenvalue weighted by atomic mass is 10.3. The lowest BCUT2D eigenvalue weighted by Gasteiger charge is -2.07. The van der Waals surface area contributed by atoms with Crippen LogP contribution >= 0.6 is 11.6 Å². The van der Waals surface area contributed by atoms with E-state index in [2.05, 4.69) is 20.7 Å². The molecule has 3 aromatic rings.